The molecule has 0 radical (unpaired) electrons. The predicted octanol–water partition coefficient (Wildman–Crippen LogP) is 2.12. The second kappa shape index (κ2) is 9.27. The first-order valence-electron chi connectivity index (χ1n) is 5.92. The monoisotopic (exact) mass is 283 g/mol. The van der Waals surface area contributed by atoms with E-state index in [9.17, 15) is 9.59 Å². The number of carboxylic acids is 1. The van der Waals surface area contributed by atoms with Gasteiger partial charge < -0.3 is 15.2 Å². The summed E-state index contributed by atoms with van der Waals surface area (Å²) in [6.07, 6.45) is -0.314. The van der Waals surface area contributed by atoms with Crippen molar-refractivity contribution in [2.24, 2.45) is 0 Å². The SMILES string of the molecule is O=C(O)CCSCCNC(=O)OCc1ccccc1. The van der Waals surface area contributed by atoms with Gasteiger partial charge in [0, 0.05) is 18.1 Å². The minimum absolute atomic E-state index is 0.142. The largest absolute Gasteiger partial charge is 0.481 e. The van der Waals surface area contributed by atoms with Crippen molar-refractivity contribution in [3.05, 3.63) is 35.9 Å². The second-order valence-corrected chi connectivity index (χ2v) is 4.97. The van der Waals surface area contributed by atoms with Crippen LogP contribution in [0, 0.1) is 0 Å². The quantitative estimate of drug-likeness (QED) is 0.715. The number of amides is 1. The van der Waals surface area contributed by atoms with Gasteiger partial charge in [0.2, 0.25) is 0 Å². The molecule has 0 aliphatic rings. The summed E-state index contributed by atoms with van der Waals surface area (Å²) >= 11 is 1.49. The van der Waals surface area contributed by atoms with Crippen molar-refractivity contribution >= 4 is 23.8 Å². The molecule has 0 saturated carbocycles. The van der Waals surface area contributed by atoms with E-state index < -0.39 is 12.1 Å². The Labute approximate surface area is 116 Å². The van der Waals surface area contributed by atoms with E-state index in [1.54, 1.807) is 0 Å². The van der Waals surface area contributed by atoms with Gasteiger partial charge in [0.05, 0.1) is 6.42 Å². The molecular formula is C13H17NO4S. The lowest BCUT2D eigenvalue weighted by molar-refractivity contribution is -0.136. The highest BCUT2D eigenvalue weighted by molar-refractivity contribution is 7.99. The van der Waals surface area contributed by atoms with E-state index in [1.165, 1.54) is 11.8 Å². The molecule has 1 amide bonds. The summed E-state index contributed by atoms with van der Waals surface area (Å²) in [6.45, 7) is 0.719. The highest BCUT2D eigenvalue weighted by Crippen LogP contribution is 2.02. The number of aliphatic carboxylic acids is 1. The minimum Gasteiger partial charge on any atom is -0.481 e. The zero-order chi connectivity index (χ0) is 13.9. The van der Waals surface area contributed by atoms with E-state index in [0.717, 1.165) is 5.56 Å². The molecule has 0 heterocycles. The molecule has 0 bridgehead atoms. The number of carbonyl (C=O) groups excluding carboxylic acids is 1. The van der Waals surface area contributed by atoms with Crippen LogP contribution < -0.4 is 5.32 Å². The Morgan fingerprint density at radius 1 is 1.21 bits per heavy atom. The van der Waals surface area contributed by atoms with Crippen molar-refractivity contribution in [2.45, 2.75) is 13.0 Å². The maximum atomic E-state index is 11.3. The number of ether oxygens (including phenoxy) is 1. The fourth-order valence-electron chi connectivity index (χ4n) is 1.26. The molecule has 19 heavy (non-hydrogen) atoms. The van der Waals surface area contributed by atoms with Gasteiger partial charge in [-0.2, -0.15) is 11.8 Å². The van der Waals surface area contributed by atoms with Crippen molar-refractivity contribution in [3.8, 4) is 0 Å². The summed E-state index contributed by atoms with van der Waals surface area (Å²) in [5.41, 5.74) is 0.938. The van der Waals surface area contributed by atoms with Gasteiger partial charge in [-0.15, -0.1) is 0 Å². The van der Waals surface area contributed by atoms with Crippen molar-refractivity contribution in [1.29, 1.82) is 0 Å². The first-order chi connectivity index (χ1) is 9.18. The Hall–Kier alpha value is -1.69. The van der Waals surface area contributed by atoms with Crippen molar-refractivity contribution < 1.29 is 19.4 Å². The maximum Gasteiger partial charge on any atom is 0.407 e. The van der Waals surface area contributed by atoms with Crippen LogP contribution in [-0.4, -0.2) is 35.2 Å². The standard InChI is InChI=1S/C13H17NO4S/c15-12(16)6-8-19-9-7-14-13(17)18-10-11-4-2-1-3-5-11/h1-5H,6-10H2,(H,14,17)(H,15,16). The van der Waals surface area contributed by atoms with Crippen LogP contribution in [0.1, 0.15) is 12.0 Å². The first kappa shape index (κ1) is 15.4. The fourth-order valence-corrected chi connectivity index (χ4v) is 2.03. The van der Waals surface area contributed by atoms with E-state index in [2.05, 4.69) is 5.32 Å². The second-order valence-electron chi connectivity index (χ2n) is 3.74. The molecule has 0 aliphatic heterocycles. The van der Waals surface area contributed by atoms with Crippen LogP contribution in [-0.2, 0) is 16.1 Å². The number of thioether (sulfide) groups is 1. The van der Waals surface area contributed by atoms with Crippen LogP contribution in [0.15, 0.2) is 30.3 Å². The molecule has 0 atom stereocenters. The van der Waals surface area contributed by atoms with Gasteiger partial charge in [0.1, 0.15) is 6.61 Å². The van der Waals surface area contributed by atoms with Gasteiger partial charge in [0.15, 0.2) is 0 Å². The third-order valence-corrected chi connectivity index (χ3v) is 3.17. The van der Waals surface area contributed by atoms with Gasteiger partial charge in [-0.25, -0.2) is 4.79 Å². The van der Waals surface area contributed by atoms with E-state index >= 15 is 0 Å². The maximum absolute atomic E-state index is 11.3. The topological polar surface area (TPSA) is 75.6 Å². The summed E-state index contributed by atoms with van der Waals surface area (Å²) < 4.78 is 5.02. The molecule has 0 fully saturated rings. The molecule has 5 nitrogen and oxygen atoms in total. The molecular weight excluding hydrogens is 266 g/mol. The van der Waals surface area contributed by atoms with Gasteiger partial charge >= 0.3 is 12.1 Å². The number of hydrogen-bond acceptors (Lipinski definition) is 4. The molecule has 0 unspecified atom stereocenters. The number of rotatable bonds is 8. The molecule has 6 heteroatoms. The van der Waals surface area contributed by atoms with Gasteiger partial charge in [-0.05, 0) is 5.56 Å². The molecule has 0 spiro atoms. The lowest BCUT2D eigenvalue weighted by Gasteiger charge is -2.06. The average Bonchev–Trinajstić information content (AvgIpc) is 2.41. The number of carboxylic acid groups (broad SMARTS) is 1. The minimum atomic E-state index is -0.803. The Kier molecular flexibility index (Phi) is 7.50. The normalized spacial score (nSPS) is 9.89. The Balaban J connectivity index is 2.01. The summed E-state index contributed by atoms with van der Waals surface area (Å²) in [4.78, 5) is 21.6. The first-order valence-corrected chi connectivity index (χ1v) is 7.08. The third-order valence-electron chi connectivity index (χ3n) is 2.19. The van der Waals surface area contributed by atoms with Crippen molar-refractivity contribution in [1.82, 2.24) is 5.32 Å². The van der Waals surface area contributed by atoms with Crippen molar-refractivity contribution in [3.63, 3.8) is 0 Å². The number of hydrogen-bond donors (Lipinski definition) is 2. The molecule has 104 valence electrons. The predicted molar refractivity (Wildman–Crippen MR) is 74.2 cm³/mol. The van der Waals surface area contributed by atoms with E-state index in [-0.39, 0.29) is 13.0 Å². The number of alkyl carbamates (subject to hydrolysis) is 1. The van der Waals surface area contributed by atoms with Gasteiger partial charge in [0.25, 0.3) is 0 Å². The molecule has 0 saturated heterocycles. The lowest BCUT2D eigenvalue weighted by atomic mass is 10.2. The highest BCUT2D eigenvalue weighted by Gasteiger charge is 2.02. The number of benzene rings is 1. The Morgan fingerprint density at radius 2 is 1.95 bits per heavy atom. The summed E-state index contributed by atoms with van der Waals surface area (Å²) in [6, 6.07) is 9.44. The number of carbonyl (C=O) groups is 2. The van der Waals surface area contributed by atoms with Gasteiger partial charge in [-0.1, -0.05) is 30.3 Å². The van der Waals surface area contributed by atoms with Crippen LogP contribution in [0.2, 0.25) is 0 Å². The molecule has 0 aromatic heterocycles. The van der Waals surface area contributed by atoms with Crippen LogP contribution in [0.5, 0.6) is 0 Å². The summed E-state index contributed by atoms with van der Waals surface area (Å²) in [5, 5.41) is 11.0. The van der Waals surface area contributed by atoms with Gasteiger partial charge in [-0.3, -0.25) is 4.79 Å². The summed E-state index contributed by atoms with van der Waals surface area (Å²) in [7, 11) is 0. The average molecular weight is 283 g/mol. The Morgan fingerprint density at radius 3 is 2.63 bits per heavy atom. The van der Waals surface area contributed by atoms with Crippen LogP contribution in [0.25, 0.3) is 0 Å². The molecule has 0 aliphatic carbocycles. The third kappa shape index (κ3) is 8.10. The zero-order valence-corrected chi connectivity index (χ0v) is 11.3. The number of nitrogens with one attached hydrogen (secondary N) is 1. The van der Waals surface area contributed by atoms with Crippen LogP contribution in [0.3, 0.4) is 0 Å². The molecule has 1 aromatic rings. The highest BCUT2D eigenvalue weighted by atomic mass is 32.2. The molecule has 2 N–H and O–H groups in total. The molecule has 1 rings (SSSR count). The lowest BCUT2D eigenvalue weighted by Crippen LogP contribution is -2.26. The van der Waals surface area contributed by atoms with Crippen LogP contribution in [0.4, 0.5) is 4.79 Å². The van der Waals surface area contributed by atoms with E-state index in [0.29, 0.717) is 18.1 Å². The molecule has 1 aromatic carbocycles. The van der Waals surface area contributed by atoms with E-state index in [4.69, 9.17) is 9.84 Å². The van der Waals surface area contributed by atoms with Crippen molar-refractivity contribution in [2.75, 3.05) is 18.1 Å². The smallest absolute Gasteiger partial charge is 0.407 e. The summed E-state index contributed by atoms with van der Waals surface area (Å²) in [5.74, 6) is 0.423. The Bertz CT molecular complexity index is 397. The van der Waals surface area contributed by atoms with Crippen LogP contribution >= 0.6 is 11.8 Å². The van der Waals surface area contributed by atoms with E-state index in [1.807, 2.05) is 30.3 Å². The fraction of sp³-hybridized carbons (Fsp3) is 0.385. The zero-order valence-electron chi connectivity index (χ0n) is 10.5.